The van der Waals surface area contributed by atoms with Gasteiger partial charge < -0.3 is 48.5 Å². The maximum Gasteiger partial charge on any atom is 0.326 e. The number of carbonyl (C=O) groups excluding carboxylic acids is 3. The summed E-state index contributed by atoms with van der Waals surface area (Å²) in [5.41, 5.74) is 17.0. The molecule has 15 nitrogen and oxygen atoms in total. The van der Waals surface area contributed by atoms with E-state index < -0.39 is 66.2 Å². The van der Waals surface area contributed by atoms with Crippen LogP contribution < -0.4 is 33.2 Å². The second kappa shape index (κ2) is 17.3. The fourth-order valence-corrected chi connectivity index (χ4v) is 3.75. The van der Waals surface area contributed by atoms with E-state index in [0.29, 0.717) is 18.4 Å². The lowest BCUT2D eigenvalue weighted by Gasteiger charge is -2.28. The van der Waals surface area contributed by atoms with Gasteiger partial charge in [-0.1, -0.05) is 32.4 Å². The molecule has 5 unspecified atom stereocenters. The molecule has 41 heavy (non-hydrogen) atoms. The van der Waals surface area contributed by atoms with Gasteiger partial charge in [-0.3, -0.25) is 24.2 Å². The Morgan fingerprint density at radius 1 is 0.902 bits per heavy atom. The van der Waals surface area contributed by atoms with Gasteiger partial charge in [-0.2, -0.15) is 0 Å². The van der Waals surface area contributed by atoms with Crippen LogP contribution in [-0.4, -0.2) is 81.7 Å². The molecule has 0 spiro atoms. The van der Waals surface area contributed by atoms with E-state index in [1.807, 2.05) is 0 Å². The van der Waals surface area contributed by atoms with Crippen LogP contribution in [0.25, 0.3) is 0 Å². The van der Waals surface area contributed by atoms with E-state index in [0.717, 1.165) is 0 Å². The fourth-order valence-electron chi connectivity index (χ4n) is 3.75. The zero-order chi connectivity index (χ0) is 31.1. The highest BCUT2D eigenvalue weighted by atomic mass is 16.4. The van der Waals surface area contributed by atoms with E-state index in [-0.39, 0.29) is 37.5 Å². The third-order valence-corrected chi connectivity index (χ3v) is 6.37. The second-order valence-electron chi connectivity index (χ2n) is 9.69. The number of hydrogen-bond acceptors (Lipinski definition) is 8. The van der Waals surface area contributed by atoms with Crippen molar-refractivity contribution in [1.29, 1.82) is 0 Å². The van der Waals surface area contributed by atoms with Crippen molar-refractivity contribution in [3.63, 3.8) is 0 Å². The molecule has 0 bridgehead atoms. The van der Waals surface area contributed by atoms with Crippen LogP contribution in [0.3, 0.4) is 0 Å². The van der Waals surface area contributed by atoms with Crippen molar-refractivity contribution in [1.82, 2.24) is 16.0 Å². The van der Waals surface area contributed by atoms with Gasteiger partial charge in [0.25, 0.3) is 0 Å². The Morgan fingerprint density at radius 3 is 2.05 bits per heavy atom. The van der Waals surface area contributed by atoms with E-state index in [4.69, 9.17) is 22.3 Å². The van der Waals surface area contributed by atoms with Gasteiger partial charge in [0.15, 0.2) is 5.96 Å². The number of benzene rings is 1. The van der Waals surface area contributed by atoms with Crippen molar-refractivity contribution in [2.24, 2.45) is 28.1 Å². The molecule has 15 heteroatoms. The van der Waals surface area contributed by atoms with Crippen LogP contribution in [0.15, 0.2) is 29.3 Å². The Bertz CT molecular complexity index is 1080. The zero-order valence-corrected chi connectivity index (χ0v) is 23.2. The summed E-state index contributed by atoms with van der Waals surface area (Å²) in [6.07, 6.45) is 0.169. The van der Waals surface area contributed by atoms with Gasteiger partial charge in [0.1, 0.15) is 23.9 Å². The van der Waals surface area contributed by atoms with Crippen molar-refractivity contribution < 1.29 is 39.3 Å². The number of rotatable bonds is 18. The molecule has 1 rings (SSSR count). The number of amides is 3. The number of phenols is 1. The Kier molecular flexibility index (Phi) is 14.6. The summed E-state index contributed by atoms with van der Waals surface area (Å²) in [7, 11) is 0. The molecule has 0 aliphatic heterocycles. The van der Waals surface area contributed by atoms with Crippen LogP contribution in [-0.2, 0) is 30.4 Å². The molecule has 0 aliphatic rings. The van der Waals surface area contributed by atoms with E-state index in [9.17, 15) is 34.2 Å². The minimum Gasteiger partial charge on any atom is -0.508 e. The zero-order valence-electron chi connectivity index (χ0n) is 23.2. The molecular weight excluding hydrogens is 538 g/mol. The van der Waals surface area contributed by atoms with Crippen LogP contribution in [0.4, 0.5) is 0 Å². The van der Waals surface area contributed by atoms with Crippen molar-refractivity contribution in [2.45, 2.75) is 76.5 Å². The average molecular weight is 580 g/mol. The van der Waals surface area contributed by atoms with E-state index in [1.54, 1.807) is 13.8 Å². The van der Waals surface area contributed by atoms with Crippen LogP contribution >= 0.6 is 0 Å². The van der Waals surface area contributed by atoms with Gasteiger partial charge in [-0.15, -0.1) is 0 Å². The summed E-state index contributed by atoms with van der Waals surface area (Å²) >= 11 is 0. The van der Waals surface area contributed by atoms with E-state index in [2.05, 4.69) is 20.9 Å². The number of carboxylic acid groups (broad SMARTS) is 2. The maximum absolute atomic E-state index is 13.3. The number of nitrogens with two attached hydrogens (primary N) is 3. The number of aliphatic carboxylic acids is 2. The minimum absolute atomic E-state index is 0.0176. The largest absolute Gasteiger partial charge is 0.508 e. The highest BCUT2D eigenvalue weighted by Gasteiger charge is 2.32. The fraction of sp³-hybridized carbons (Fsp3) is 0.538. The highest BCUT2D eigenvalue weighted by molar-refractivity contribution is 5.94. The molecule has 3 amide bonds. The van der Waals surface area contributed by atoms with Crippen LogP contribution in [0.5, 0.6) is 5.75 Å². The van der Waals surface area contributed by atoms with Gasteiger partial charge in [-0.05, 0) is 42.9 Å². The third-order valence-electron chi connectivity index (χ3n) is 6.37. The molecule has 0 aliphatic carbocycles. The molecule has 1 aromatic carbocycles. The summed E-state index contributed by atoms with van der Waals surface area (Å²) in [6, 6.07) is 0.832. The van der Waals surface area contributed by atoms with Gasteiger partial charge in [0.05, 0.1) is 6.04 Å². The van der Waals surface area contributed by atoms with Crippen molar-refractivity contribution in [3.8, 4) is 5.75 Å². The number of carboxylic acids is 2. The predicted octanol–water partition coefficient (Wildman–Crippen LogP) is -1.23. The Labute approximate surface area is 237 Å². The molecule has 228 valence electrons. The number of nitrogens with one attached hydrogen (secondary N) is 3. The molecule has 0 saturated carbocycles. The summed E-state index contributed by atoms with van der Waals surface area (Å²) in [4.78, 5) is 65.9. The highest BCUT2D eigenvalue weighted by Crippen LogP contribution is 2.13. The molecule has 0 heterocycles. The number of guanidine groups is 1. The monoisotopic (exact) mass is 579 g/mol. The summed E-state index contributed by atoms with van der Waals surface area (Å²) in [5.74, 6) is -5.35. The average Bonchev–Trinajstić information content (AvgIpc) is 2.91. The Morgan fingerprint density at radius 2 is 1.51 bits per heavy atom. The number of carbonyl (C=O) groups is 5. The topological polar surface area (TPSA) is 273 Å². The summed E-state index contributed by atoms with van der Waals surface area (Å²) in [5, 5.41) is 35.6. The first-order chi connectivity index (χ1) is 19.2. The van der Waals surface area contributed by atoms with Gasteiger partial charge in [-0.25, -0.2) is 4.79 Å². The lowest BCUT2D eigenvalue weighted by Crippen LogP contribution is -2.58. The number of aromatic hydroxyl groups is 1. The van der Waals surface area contributed by atoms with E-state index in [1.165, 1.54) is 24.3 Å². The first kappa shape index (κ1) is 34.6. The molecular formula is C26H41N7O8. The first-order valence-electron chi connectivity index (χ1n) is 13.2. The summed E-state index contributed by atoms with van der Waals surface area (Å²) < 4.78 is 0. The first-order valence-corrected chi connectivity index (χ1v) is 13.2. The maximum atomic E-state index is 13.3. The van der Waals surface area contributed by atoms with Gasteiger partial charge in [0.2, 0.25) is 17.7 Å². The minimum atomic E-state index is -1.41. The normalized spacial score (nSPS) is 14.4. The quantitative estimate of drug-likeness (QED) is 0.0564. The van der Waals surface area contributed by atoms with Crippen molar-refractivity contribution in [2.75, 3.05) is 6.54 Å². The molecule has 5 atom stereocenters. The second-order valence-corrected chi connectivity index (χ2v) is 9.69. The third kappa shape index (κ3) is 13.0. The Hall–Kier alpha value is -4.40. The number of hydrogen-bond donors (Lipinski definition) is 9. The van der Waals surface area contributed by atoms with Crippen LogP contribution in [0, 0.1) is 5.92 Å². The molecule has 0 aromatic heterocycles. The Balaban J connectivity index is 3.01. The SMILES string of the molecule is CCC(C)C(NC(=O)C(N)CCCN=C(N)N)C(=O)NC(CCC(=O)O)C(=O)NC(Cc1ccc(O)cc1)C(=O)O. The molecule has 1 aromatic rings. The molecule has 12 N–H and O–H groups in total. The van der Waals surface area contributed by atoms with Crippen molar-refractivity contribution >= 4 is 35.6 Å². The lowest BCUT2D eigenvalue weighted by molar-refractivity contribution is -0.143. The van der Waals surface area contributed by atoms with Crippen LogP contribution in [0.2, 0.25) is 0 Å². The van der Waals surface area contributed by atoms with Crippen LogP contribution in [0.1, 0.15) is 51.5 Å². The van der Waals surface area contributed by atoms with Gasteiger partial charge >= 0.3 is 11.9 Å². The van der Waals surface area contributed by atoms with E-state index >= 15 is 0 Å². The number of phenolic OH excluding ortho intramolecular Hbond substituents is 1. The van der Waals surface area contributed by atoms with Crippen molar-refractivity contribution in [3.05, 3.63) is 29.8 Å². The molecule has 0 fully saturated rings. The smallest absolute Gasteiger partial charge is 0.326 e. The molecule has 0 saturated heterocycles. The number of nitrogens with zero attached hydrogens (tertiary/aromatic N) is 1. The summed E-state index contributed by atoms with van der Waals surface area (Å²) in [6.45, 7) is 3.77. The lowest BCUT2D eigenvalue weighted by atomic mass is 9.96. The standard InChI is InChI=1S/C26H41N7O8/c1-3-14(2)21(33-22(37)17(27)5-4-12-30-26(28)29)24(39)31-18(10-11-20(35)36)23(38)32-19(25(40)41)13-15-6-8-16(34)9-7-15/h6-9,14,17-19,21,34H,3-5,10-13,27H2,1-2H3,(H,31,39)(H,32,38)(H,33,37)(H,35,36)(H,40,41)(H4,28,29,30). The number of aliphatic imine (C=N–C) groups is 1. The van der Waals surface area contributed by atoms with Gasteiger partial charge in [0, 0.05) is 19.4 Å². The molecule has 0 radical (unpaired) electrons. The predicted molar refractivity (Wildman–Crippen MR) is 149 cm³/mol.